The van der Waals surface area contributed by atoms with E-state index in [9.17, 15) is 0 Å². The quantitative estimate of drug-likeness (QED) is 0.842. The minimum atomic E-state index is 0.185. The molecule has 0 radical (unpaired) electrons. The molecule has 0 N–H and O–H groups in total. The van der Waals surface area contributed by atoms with Gasteiger partial charge in [-0.15, -0.1) is 0 Å². The molecule has 3 rings (SSSR count). The summed E-state index contributed by atoms with van der Waals surface area (Å²) in [6.45, 7) is 0.700. The first kappa shape index (κ1) is 12.2. The van der Waals surface area contributed by atoms with Crippen LogP contribution in [0.2, 0.25) is 5.28 Å². The van der Waals surface area contributed by atoms with Gasteiger partial charge in [-0.1, -0.05) is 12.1 Å². The summed E-state index contributed by atoms with van der Waals surface area (Å²) in [5.41, 5.74) is 2.04. The molecule has 0 aliphatic carbocycles. The van der Waals surface area contributed by atoms with E-state index in [-0.39, 0.29) is 5.28 Å². The van der Waals surface area contributed by atoms with Crippen molar-refractivity contribution in [2.24, 2.45) is 0 Å². The molecule has 0 saturated heterocycles. The lowest BCUT2D eigenvalue weighted by Crippen LogP contribution is -2.14. The van der Waals surface area contributed by atoms with Crippen molar-refractivity contribution in [3.63, 3.8) is 0 Å². The van der Waals surface area contributed by atoms with Crippen LogP contribution in [0.3, 0.4) is 0 Å². The van der Waals surface area contributed by atoms with Crippen molar-refractivity contribution in [1.82, 2.24) is 15.0 Å². The number of hydrogen-bond acceptors (Lipinski definition) is 5. The van der Waals surface area contributed by atoms with Crippen molar-refractivity contribution >= 4 is 17.5 Å². The number of aromatic nitrogens is 3. The number of anilines is 1. The Morgan fingerprint density at radius 2 is 2.05 bits per heavy atom. The Morgan fingerprint density at radius 3 is 2.84 bits per heavy atom. The van der Waals surface area contributed by atoms with E-state index >= 15 is 0 Å². The topological polar surface area (TPSA) is 51.1 Å². The third-order valence-electron chi connectivity index (χ3n) is 2.95. The first-order valence-electron chi connectivity index (χ1n) is 5.99. The zero-order valence-electron chi connectivity index (χ0n) is 10.7. The van der Waals surface area contributed by atoms with Gasteiger partial charge in [0.1, 0.15) is 5.75 Å². The normalized spacial score (nSPS) is 13.0. The molecule has 1 aliphatic heterocycles. The molecule has 0 unspecified atom stereocenters. The first-order valence-corrected chi connectivity index (χ1v) is 6.37. The molecule has 98 valence electrons. The van der Waals surface area contributed by atoms with E-state index in [1.54, 1.807) is 4.90 Å². The minimum absolute atomic E-state index is 0.185. The molecule has 19 heavy (non-hydrogen) atoms. The summed E-state index contributed by atoms with van der Waals surface area (Å²) in [6.07, 6.45) is 0.919. The van der Waals surface area contributed by atoms with Gasteiger partial charge in [0, 0.05) is 20.5 Å². The first-order chi connectivity index (χ1) is 9.15. The molecule has 0 bridgehead atoms. The van der Waals surface area contributed by atoms with Crippen molar-refractivity contribution in [3.05, 3.63) is 29.0 Å². The van der Waals surface area contributed by atoms with E-state index < -0.39 is 0 Å². The molecule has 0 atom stereocenters. The molecule has 0 spiro atoms. The lowest BCUT2D eigenvalue weighted by molar-refractivity contribution is 0.358. The molecular formula is C13H13ClN4O. The number of rotatable bonds is 2. The highest BCUT2D eigenvalue weighted by atomic mass is 35.5. The number of ether oxygens (including phenoxy) is 1. The predicted octanol–water partition coefficient (Wildman–Crippen LogP) is 2.19. The van der Waals surface area contributed by atoms with Crippen LogP contribution < -0.4 is 9.64 Å². The molecule has 0 amide bonds. The maximum Gasteiger partial charge on any atom is 0.229 e. The standard InChI is InChI=1S/C13H13ClN4O/c1-18(2)13-16-11(15-12(14)17-13)9-5-3-4-8-6-7-19-10(8)9/h3-5H,6-7H2,1-2H3. The average molecular weight is 277 g/mol. The molecule has 2 aromatic rings. The largest absolute Gasteiger partial charge is 0.492 e. The van der Waals surface area contributed by atoms with E-state index in [0.29, 0.717) is 18.4 Å². The number of fused-ring (bicyclic) bond motifs is 1. The predicted molar refractivity (Wildman–Crippen MR) is 73.8 cm³/mol. The fourth-order valence-corrected chi connectivity index (χ4v) is 2.21. The molecule has 0 saturated carbocycles. The summed E-state index contributed by atoms with van der Waals surface area (Å²) in [5.74, 6) is 1.93. The van der Waals surface area contributed by atoms with Crippen LogP contribution in [0.5, 0.6) is 5.75 Å². The van der Waals surface area contributed by atoms with Gasteiger partial charge < -0.3 is 9.64 Å². The maximum absolute atomic E-state index is 5.97. The molecule has 6 heteroatoms. The van der Waals surface area contributed by atoms with Crippen molar-refractivity contribution in [1.29, 1.82) is 0 Å². The molecule has 0 fully saturated rings. The van der Waals surface area contributed by atoms with Crippen LogP contribution >= 0.6 is 11.6 Å². The van der Waals surface area contributed by atoms with Gasteiger partial charge in [0.15, 0.2) is 5.82 Å². The van der Waals surface area contributed by atoms with Gasteiger partial charge >= 0.3 is 0 Å². The van der Waals surface area contributed by atoms with Crippen LogP contribution in [-0.2, 0) is 6.42 Å². The van der Waals surface area contributed by atoms with Gasteiger partial charge in [-0.05, 0) is 23.2 Å². The van der Waals surface area contributed by atoms with Crippen LogP contribution in [0, 0.1) is 0 Å². The van der Waals surface area contributed by atoms with Crippen LogP contribution in [-0.4, -0.2) is 35.7 Å². The Morgan fingerprint density at radius 1 is 1.21 bits per heavy atom. The number of para-hydroxylation sites is 1. The highest BCUT2D eigenvalue weighted by Gasteiger charge is 2.19. The lowest BCUT2D eigenvalue weighted by Gasteiger charge is -2.12. The second-order valence-electron chi connectivity index (χ2n) is 4.51. The fourth-order valence-electron chi connectivity index (χ4n) is 2.05. The Balaban J connectivity index is 2.15. The van der Waals surface area contributed by atoms with Crippen molar-refractivity contribution in [2.75, 3.05) is 25.6 Å². The summed E-state index contributed by atoms with van der Waals surface area (Å²) >= 11 is 5.97. The summed E-state index contributed by atoms with van der Waals surface area (Å²) in [6, 6.07) is 5.98. The van der Waals surface area contributed by atoms with Gasteiger partial charge in [-0.3, -0.25) is 0 Å². The van der Waals surface area contributed by atoms with E-state index in [1.165, 1.54) is 5.56 Å². The number of nitrogens with zero attached hydrogens (tertiary/aromatic N) is 4. The van der Waals surface area contributed by atoms with Gasteiger partial charge in [0.25, 0.3) is 0 Å². The lowest BCUT2D eigenvalue weighted by atomic mass is 10.1. The van der Waals surface area contributed by atoms with Crippen LogP contribution in [0.25, 0.3) is 11.4 Å². The third kappa shape index (κ3) is 2.21. The van der Waals surface area contributed by atoms with Gasteiger partial charge in [-0.25, -0.2) is 0 Å². The summed E-state index contributed by atoms with van der Waals surface area (Å²) in [5, 5.41) is 0.185. The molecule has 1 aromatic heterocycles. The van der Waals surface area contributed by atoms with Crippen LogP contribution in [0.4, 0.5) is 5.95 Å². The Kier molecular flexibility index (Phi) is 2.98. The summed E-state index contributed by atoms with van der Waals surface area (Å²) in [7, 11) is 3.72. The molecular weight excluding hydrogens is 264 g/mol. The SMILES string of the molecule is CN(C)c1nc(Cl)nc(-c2cccc3c2OCC3)n1. The number of hydrogen-bond donors (Lipinski definition) is 0. The summed E-state index contributed by atoms with van der Waals surface area (Å²) < 4.78 is 5.67. The van der Waals surface area contributed by atoms with Crippen LogP contribution in [0.15, 0.2) is 18.2 Å². The number of benzene rings is 1. The average Bonchev–Trinajstić information content (AvgIpc) is 2.85. The highest BCUT2D eigenvalue weighted by Crippen LogP contribution is 2.35. The maximum atomic E-state index is 5.97. The fraction of sp³-hybridized carbons (Fsp3) is 0.308. The van der Waals surface area contributed by atoms with Gasteiger partial charge in [0.2, 0.25) is 11.2 Å². The Hall–Kier alpha value is -1.88. The zero-order valence-corrected chi connectivity index (χ0v) is 11.5. The highest BCUT2D eigenvalue weighted by molar-refractivity contribution is 6.28. The van der Waals surface area contributed by atoms with Crippen LogP contribution in [0.1, 0.15) is 5.56 Å². The Labute approximate surface area is 116 Å². The van der Waals surface area contributed by atoms with Gasteiger partial charge in [0.05, 0.1) is 12.2 Å². The van der Waals surface area contributed by atoms with Crippen molar-refractivity contribution < 1.29 is 4.74 Å². The minimum Gasteiger partial charge on any atom is -0.492 e. The van der Waals surface area contributed by atoms with E-state index in [1.807, 2.05) is 26.2 Å². The smallest absolute Gasteiger partial charge is 0.229 e. The third-order valence-corrected chi connectivity index (χ3v) is 3.12. The Bertz CT molecular complexity index is 630. The summed E-state index contributed by atoms with van der Waals surface area (Å²) in [4.78, 5) is 14.5. The molecule has 1 aliphatic rings. The second kappa shape index (κ2) is 4.66. The van der Waals surface area contributed by atoms with E-state index in [2.05, 4.69) is 21.0 Å². The molecule has 5 nitrogen and oxygen atoms in total. The molecule has 2 heterocycles. The van der Waals surface area contributed by atoms with Gasteiger partial charge in [-0.2, -0.15) is 15.0 Å². The van der Waals surface area contributed by atoms with E-state index in [0.717, 1.165) is 17.7 Å². The van der Waals surface area contributed by atoms with Crippen molar-refractivity contribution in [2.45, 2.75) is 6.42 Å². The monoisotopic (exact) mass is 276 g/mol. The zero-order chi connectivity index (χ0) is 13.4. The van der Waals surface area contributed by atoms with E-state index in [4.69, 9.17) is 16.3 Å². The second-order valence-corrected chi connectivity index (χ2v) is 4.85. The molecule has 1 aromatic carbocycles. The number of halogens is 1. The van der Waals surface area contributed by atoms with Crippen molar-refractivity contribution in [3.8, 4) is 17.1 Å².